The average molecular weight is 192 g/mol. The van der Waals surface area contributed by atoms with E-state index in [-0.39, 0.29) is 0 Å². The molecule has 0 amide bonds. The molecule has 14 heavy (non-hydrogen) atoms. The van der Waals surface area contributed by atoms with Crippen LogP contribution >= 0.6 is 0 Å². The Morgan fingerprint density at radius 1 is 1.43 bits per heavy atom. The Morgan fingerprint density at radius 3 is 2.50 bits per heavy atom. The Balaban J connectivity index is 4.10. The molecule has 0 heteroatoms. The molecule has 0 bridgehead atoms. The second kappa shape index (κ2) is 7.61. The Hall–Kier alpha value is -0.780. The number of hydrogen-bond acceptors (Lipinski definition) is 0. The van der Waals surface area contributed by atoms with Gasteiger partial charge in [0.1, 0.15) is 0 Å². The number of hydrogen-bond donors (Lipinski definition) is 0. The average Bonchev–Trinajstić information content (AvgIpc) is 2.14. The monoisotopic (exact) mass is 192 g/mol. The third-order valence-electron chi connectivity index (χ3n) is 2.49. The van der Waals surface area contributed by atoms with Gasteiger partial charge in [0.25, 0.3) is 0 Å². The summed E-state index contributed by atoms with van der Waals surface area (Å²) in [6.07, 6.45) is 9.03. The SMILES string of the molecule is C=CC=C(CC(C)CCCC)C(=C)C. The molecule has 0 aromatic carbocycles. The molecule has 0 spiro atoms. The van der Waals surface area contributed by atoms with Gasteiger partial charge in [0.05, 0.1) is 0 Å². The maximum atomic E-state index is 3.99. The lowest BCUT2D eigenvalue weighted by Crippen LogP contribution is -1.97. The highest BCUT2D eigenvalue weighted by Gasteiger charge is 2.05. The van der Waals surface area contributed by atoms with E-state index in [1.807, 2.05) is 6.08 Å². The van der Waals surface area contributed by atoms with Crippen LogP contribution in [0.3, 0.4) is 0 Å². The minimum atomic E-state index is 0.762. The minimum absolute atomic E-state index is 0.762. The molecule has 0 N–H and O–H groups in total. The molecule has 0 nitrogen and oxygen atoms in total. The van der Waals surface area contributed by atoms with Gasteiger partial charge in [-0.3, -0.25) is 0 Å². The molecule has 0 radical (unpaired) electrons. The Morgan fingerprint density at radius 2 is 2.07 bits per heavy atom. The van der Waals surface area contributed by atoms with E-state index in [4.69, 9.17) is 0 Å². The van der Waals surface area contributed by atoms with Crippen LogP contribution < -0.4 is 0 Å². The first kappa shape index (κ1) is 13.2. The molecule has 0 rings (SSSR count). The van der Waals surface area contributed by atoms with Crippen molar-refractivity contribution >= 4 is 0 Å². The molecule has 0 aromatic heterocycles. The van der Waals surface area contributed by atoms with Crippen LogP contribution in [0.4, 0.5) is 0 Å². The van der Waals surface area contributed by atoms with Crippen LogP contribution in [-0.4, -0.2) is 0 Å². The second-order valence-electron chi connectivity index (χ2n) is 4.16. The van der Waals surface area contributed by atoms with E-state index >= 15 is 0 Å². The first-order valence-electron chi connectivity index (χ1n) is 5.59. The summed E-state index contributed by atoms with van der Waals surface area (Å²) in [7, 11) is 0. The summed E-state index contributed by atoms with van der Waals surface area (Å²) >= 11 is 0. The van der Waals surface area contributed by atoms with Crippen molar-refractivity contribution in [2.75, 3.05) is 0 Å². The summed E-state index contributed by atoms with van der Waals surface area (Å²) < 4.78 is 0. The smallest absolute Gasteiger partial charge is 0.0251 e. The van der Waals surface area contributed by atoms with Crippen molar-refractivity contribution in [3.63, 3.8) is 0 Å². The molecule has 0 fully saturated rings. The zero-order chi connectivity index (χ0) is 11.0. The maximum absolute atomic E-state index is 3.99. The van der Waals surface area contributed by atoms with Gasteiger partial charge in [-0.2, -0.15) is 0 Å². The highest BCUT2D eigenvalue weighted by molar-refractivity contribution is 5.29. The van der Waals surface area contributed by atoms with Crippen molar-refractivity contribution < 1.29 is 0 Å². The molecular formula is C14H24. The van der Waals surface area contributed by atoms with Gasteiger partial charge in [-0.1, -0.05) is 64.0 Å². The van der Waals surface area contributed by atoms with Gasteiger partial charge in [-0.25, -0.2) is 0 Å². The fraction of sp³-hybridized carbons (Fsp3) is 0.571. The van der Waals surface area contributed by atoms with Crippen molar-refractivity contribution in [1.82, 2.24) is 0 Å². The number of rotatable bonds is 7. The van der Waals surface area contributed by atoms with Gasteiger partial charge in [0, 0.05) is 0 Å². The Bertz CT molecular complexity index is 208. The summed E-state index contributed by atoms with van der Waals surface area (Å²) in [5.74, 6) is 0.762. The van der Waals surface area contributed by atoms with Gasteiger partial charge >= 0.3 is 0 Å². The van der Waals surface area contributed by atoms with Crippen molar-refractivity contribution in [3.05, 3.63) is 36.5 Å². The van der Waals surface area contributed by atoms with Crippen LogP contribution in [0.25, 0.3) is 0 Å². The molecule has 80 valence electrons. The van der Waals surface area contributed by atoms with Crippen LogP contribution in [0.1, 0.15) is 46.5 Å². The highest BCUT2D eigenvalue weighted by Crippen LogP contribution is 2.21. The minimum Gasteiger partial charge on any atom is -0.0991 e. The number of allylic oxidation sites excluding steroid dienone is 4. The zero-order valence-electron chi connectivity index (χ0n) is 9.97. The molecule has 0 aliphatic heterocycles. The van der Waals surface area contributed by atoms with Gasteiger partial charge < -0.3 is 0 Å². The summed E-state index contributed by atoms with van der Waals surface area (Å²) in [6.45, 7) is 14.4. The fourth-order valence-corrected chi connectivity index (χ4v) is 1.56. The van der Waals surface area contributed by atoms with Crippen LogP contribution in [0, 0.1) is 5.92 Å². The van der Waals surface area contributed by atoms with Crippen molar-refractivity contribution in [3.8, 4) is 0 Å². The summed E-state index contributed by atoms with van der Waals surface area (Å²) in [5.41, 5.74) is 2.52. The molecule has 1 atom stereocenters. The van der Waals surface area contributed by atoms with E-state index in [1.165, 1.54) is 30.4 Å². The topological polar surface area (TPSA) is 0 Å². The van der Waals surface area contributed by atoms with E-state index in [0.29, 0.717) is 0 Å². The van der Waals surface area contributed by atoms with E-state index in [1.54, 1.807) is 0 Å². The van der Waals surface area contributed by atoms with Crippen LogP contribution in [0.15, 0.2) is 36.5 Å². The van der Waals surface area contributed by atoms with E-state index in [0.717, 1.165) is 12.3 Å². The highest BCUT2D eigenvalue weighted by atomic mass is 14.1. The molecule has 0 heterocycles. The van der Waals surface area contributed by atoms with E-state index in [9.17, 15) is 0 Å². The first-order chi connectivity index (χ1) is 6.61. The van der Waals surface area contributed by atoms with Gasteiger partial charge in [-0.15, -0.1) is 0 Å². The molecule has 0 aromatic rings. The summed E-state index contributed by atoms with van der Waals surface area (Å²) in [6, 6.07) is 0. The van der Waals surface area contributed by atoms with Crippen LogP contribution in [0.2, 0.25) is 0 Å². The zero-order valence-corrected chi connectivity index (χ0v) is 9.97. The van der Waals surface area contributed by atoms with E-state index < -0.39 is 0 Å². The van der Waals surface area contributed by atoms with Crippen molar-refractivity contribution in [2.24, 2.45) is 5.92 Å². The Labute approximate surface area is 89.4 Å². The van der Waals surface area contributed by atoms with Gasteiger partial charge in [-0.05, 0) is 24.8 Å². The lowest BCUT2D eigenvalue weighted by Gasteiger charge is -2.13. The molecule has 1 unspecified atom stereocenters. The maximum Gasteiger partial charge on any atom is -0.0251 e. The molecular weight excluding hydrogens is 168 g/mol. The third-order valence-corrected chi connectivity index (χ3v) is 2.49. The second-order valence-corrected chi connectivity index (χ2v) is 4.16. The first-order valence-corrected chi connectivity index (χ1v) is 5.59. The summed E-state index contributed by atoms with van der Waals surface area (Å²) in [4.78, 5) is 0. The van der Waals surface area contributed by atoms with Crippen LogP contribution in [0.5, 0.6) is 0 Å². The quantitative estimate of drug-likeness (QED) is 0.504. The largest absolute Gasteiger partial charge is 0.0991 e. The Kier molecular flexibility index (Phi) is 7.18. The molecule has 0 saturated heterocycles. The van der Waals surface area contributed by atoms with E-state index in [2.05, 4.69) is 40.0 Å². The lowest BCUT2D eigenvalue weighted by molar-refractivity contribution is 0.503. The lowest BCUT2D eigenvalue weighted by atomic mass is 9.93. The third kappa shape index (κ3) is 5.80. The fourth-order valence-electron chi connectivity index (χ4n) is 1.56. The standard InChI is InChI=1S/C14H24/c1-6-8-10-13(5)11-14(9-7-2)12(3)4/h7,9,13H,2-3,6,8,10-11H2,1,4-5H3. The molecule has 0 aliphatic carbocycles. The molecule has 0 aliphatic rings. The normalized spacial score (nSPS) is 13.8. The van der Waals surface area contributed by atoms with Gasteiger partial charge in [0.15, 0.2) is 0 Å². The van der Waals surface area contributed by atoms with Gasteiger partial charge in [0.2, 0.25) is 0 Å². The summed E-state index contributed by atoms with van der Waals surface area (Å²) in [5, 5.41) is 0. The van der Waals surface area contributed by atoms with Crippen molar-refractivity contribution in [1.29, 1.82) is 0 Å². The predicted molar refractivity (Wildman–Crippen MR) is 66.4 cm³/mol. The van der Waals surface area contributed by atoms with Crippen LogP contribution in [-0.2, 0) is 0 Å². The predicted octanol–water partition coefficient (Wildman–Crippen LogP) is 4.89. The van der Waals surface area contributed by atoms with Crippen molar-refractivity contribution in [2.45, 2.75) is 46.5 Å². The number of unbranched alkanes of at least 4 members (excludes halogenated alkanes) is 1. The molecule has 0 saturated carbocycles.